The molecule has 0 amide bonds. The SMILES string of the molecule is COc1ccc(Oc2ccc(N3C(=S)N[C@@H](c4ccccn4)[C@@H]3c3cccn3-c3ccc(C)cc3)cc2)cc1. The number of rotatable bonds is 7. The van der Waals surface area contributed by atoms with Crippen LogP contribution in [0.1, 0.15) is 29.0 Å². The Balaban J connectivity index is 1.36. The van der Waals surface area contributed by atoms with Crippen LogP contribution in [0, 0.1) is 6.92 Å². The van der Waals surface area contributed by atoms with E-state index in [0.717, 1.165) is 40.0 Å². The van der Waals surface area contributed by atoms with Crippen molar-refractivity contribution in [3.8, 4) is 22.9 Å². The zero-order valence-corrected chi connectivity index (χ0v) is 22.5. The Morgan fingerprint density at radius 2 is 1.44 bits per heavy atom. The highest BCUT2D eigenvalue weighted by Gasteiger charge is 2.42. The number of benzene rings is 3. The van der Waals surface area contributed by atoms with Crippen LogP contribution in [0.3, 0.4) is 0 Å². The lowest BCUT2D eigenvalue weighted by molar-refractivity contribution is 0.413. The van der Waals surface area contributed by atoms with Gasteiger partial charge in [0.05, 0.1) is 18.8 Å². The van der Waals surface area contributed by atoms with E-state index in [4.69, 9.17) is 21.7 Å². The fourth-order valence-electron chi connectivity index (χ4n) is 4.96. The van der Waals surface area contributed by atoms with Crippen LogP contribution in [-0.2, 0) is 0 Å². The predicted molar refractivity (Wildman–Crippen MR) is 158 cm³/mol. The van der Waals surface area contributed by atoms with Crippen LogP contribution >= 0.6 is 12.2 Å². The molecule has 2 atom stereocenters. The molecule has 0 saturated carbocycles. The van der Waals surface area contributed by atoms with Crippen LogP contribution in [0.25, 0.3) is 5.69 Å². The zero-order valence-electron chi connectivity index (χ0n) is 21.7. The molecule has 0 unspecified atom stereocenters. The van der Waals surface area contributed by atoms with E-state index in [2.05, 4.69) is 69.3 Å². The lowest BCUT2D eigenvalue weighted by Gasteiger charge is -2.29. The average Bonchev–Trinajstić information content (AvgIpc) is 3.59. The summed E-state index contributed by atoms with van der Waals surface area (Å²) in [4.78, 5) is 6.86. The summed E-state index contributed by atoms with van der Waals surface area (Å²) in [5.41, 5.74) is 5.33. The molecule has 1 N–H and O–H groups in total. The van der Waals surface area contributed by atoms with Crippen molar-refractivity contribution in [1.29, 1.82) is 0 Å². The van der Waals surface area contributed by atoms with Crippen molar-refractivity contribution in [2.45, 2.75) is 19.0 Å². The number of aromatic nitrogens is 2. The van der Waals surface area contributed by atoms with Crippen LogP contribution in [0.4, 0.5) is 5.69 Å². The largest absolute Gasteiger partial charge is 0.497 e. The van der Waals surface area contributed by atoms with Gasteiger partial charge < -0.3 is 24.3 Å². The van der Waals surface area contributed by atoms with Crippen molar-refractivity contribution in [1.82, 2.24) is 14.9 Å². The molecule has 7 heteroatoms. The fourth-order valence-corrected chi connectivity index (χ4v) is 5.31. The number of anilines is 1. The Hall–Kier alpha value is -4.62. The van der Waals surface area contributed by atoms with E-state index >= 15 is 0 Å². The van der Waals surface area contributed by atoms with Crippen molar-refractivity contribution in [2.75, 3.05) is 12.0 Å². The average molecular weight is 533 g/mol. The second kappa shape index (κ2) is 10.6. The zero-order chi connectivity index (χ0) is 26.8. The van der Waals surface area contributed by atoms with Gasteiger partial charge in [-0.2, -0.15) is 0 Å². The fraction of sp³-hybridized carbons (Fsp3) is 0.125. The van der Waals surface area contributed by atoms with Crippen molar-refractivity contribution in [3.63, 3.8) is 0 Å². The van der Waals surface area contributed by atoms with E-state index in [1.54, 1.807) is 7.11 Å². The molecule has 1 aliphatic rings. The normalized spacial score (nSPS) is 16.7. The number of nitrogens with one attached hydrogen (secondary N) is 1. The lowest BCUT2D eigenvalue weighted by Crippen LogP contribution is -2.30. The Bertz CT molecular complexity index is 1570. The lowest BCUT2D eigenvalue weighted by atomic mass is 10.0. The highest BCUT2D eigenvalue weighted by molar-refractivity contribution is 7.80. The Morgan fingerprint density at radius 3 is 2.10 bits per heavy atom. The minimum absolute atomic E-state index is 0.128. The van der Waals surface area contributed by atoms with E-state index < -0.39 is 0 Å². The van der Waals surface area contributed by atoms with Crippen molar-refractivity contribution >= 4 is 23.0 Å². The second-order valence-electron chi connectivity index (χ2n) is 9.41. The number of nitrogens with zero attached hydrogens (tertiary/aromatic N) is 3. The van der Waals surface area contributed by atoms with E-state index in [1.807, 2.05) is 72.9 Å². The quantitative estimate of drug-likeness (QED) is 0.225. The van der Waals surface area contributed by atoms with Crippen molar-refractivity contribution in [2.24, 2.45) is 0 Å². The molecule has 0 bridgehead atoms. The highest BCUT2D eigenvalue weighted by Crippen LogP contribution is 2.42. The van der Waals surface area contributed by atoms with Gasteiger partial charge in [0.15, 0.2) is 5.11 Å². The van der Waals surface area contributed by atoms with Crippen molar-refractivity contribution < 1.29 is 9.47 Å². The second-order valence-corrected chi connectivity index (χ2v) is 9.79. The van der Waals surface area contributed by atoms with Gasteiger partial charge in [0.25, 0.3) is 0 Å². The summed E-state index contributed by atoms with van der Waals surface area (Å²) in [6, 6.07) is 34.1. The summed E-state index contributed by atoms with van der Waals surface area (Å²) >= 11 is 5.92. The maximum Gasteiger partial charge on any atom is 0.174 e. The number of pyridine rings is 1. The molecule has 6 rings (SSSR count). The first kappa shape index (κ1) is 24.7. The first-order chi connectivity index (χ1) is 19.1. The first-order valence-electron chi connectivity index (χ1n) is 12.8. The van der Waals surface area contributed by atoms with E-state index in [9.17, 15) is 0 Å². The van der Waals surface area contributed by atoms with Crippen LogP contribution in [0.5, 0.6) is 17.2 Å². The molecule has 1 fully saturated rings. The van der Waals surface area contributed by atoms with E-state index in [0.29, 0.717) is 5.11 Å². The number of thiocarbonyl (C=S) groups is 1. The molecule has 0 radical (unpaired) electrons. The molecule has 1 aliphatic heterocycles. The summed E-state index contributed by atoms with van der Waals surface area (Å²) in [6.07, 6.45) is 3.92. The predicted octanol–water partition coefficient (Wildman–Crippen LogP) is 7.16. The summed E-state index contributed by atoms with van der Waals surface area (Å²) in [5, 5.41) is 4.20. The molecular weight excluding hydrogens is 504 g/mol. The molecule has 1 saturated heterocycles. The Kier molecular flexibility index (Phi) is 6.73. The molecule has 6 nitrogen and oxygen atoms in total. The maximum atomic E-state index is 6.06. The third kappa shape index (κ3) is 4.96. The smallest absolute Gasteiger partial charge is 0.174 e. The summed E-state index contributed by atoms with van der Waals surface area (Å²) in [5.74, 6) is 2.27. The summed E-state index contributed by atoms with van der Waals surface area (Å²) < 4.78 is 13.5. The Morgan fingerprint density at radius 1 is 0.769 bits per heavy atom. The molecule has 3 aromatic carbocycles. The van der Waals surface area contributed by atoms with Gasteiger partial charge in [0.1, 0.15) is 23.3 Å². The highest BCUT2D eigenvalue weighted by atomic mass is 32.1. The standard InChI is InChI=1S/C32H28N4O2S/c1-22-8-10-23(11-9-22)35-21-5-7-29(35)31-30(28-6-3-4-20-33-28)34-32(39)36(31)24-12-14-26(15-13-24)38-27-18-16-25(37-2)17-19-27/h3-21,30-31H,1-2H3,(H,34,39)/t30-,31-/m0/s1. The number of hydrogen-bond acceptors (Lipinski definition) is 4. The van der Waals surface area contributed by atoms with E-state index in [-0.39, 0.29) is 12.1 Å². The monoisotopic (exact) mass is 532 g/mol. The van der Waals surface area contributed by atoms with Crippen molar-refractivity contribution in [3.05, 3.63) is 132 Å². The van der Waals surface area contributed by atoms with Crippen LogP contribution in [-0.4, -0.2) is 21.8 Å². The van der Waals surface area contributed by atoms with Gasteiger partial charge in [-0.05, 0) is 104 Å². The maximum absolute atomic E-state index is 6.06. The molecular formula is C32H28N4O2S. The molecule has 3 heterocycles. The molecule has 0 aliphatic carbocycles. The number of methoxy groups -OCH3 is 1. The molecule has 194 valence electrons. The van der Waals surface area contributed by atoms with Gasteiger partial charge in [-0.1, -0.05) is 23.8 Å². The van der Waals surface area contributed by atoms with E-state index in [1.165, 1.54) is 5.56 Å². The number of aryl methyl sites for hydroxylation is 1. The summed E-state index contributed by atoms with van der Waals surface area (Å²) in [6.45, 7) is 2.10. The van der Waals surface area contributed by atoms with Gasteiger partial charge in [0.2, 0.25) is 0 Å². The van der Waals surface area contributed by atoms with Crippen LogP contribution in [0.2, 0.25) is 0 Å². The molecule has 39 heavy (non-hydrogen) atoms. The van der Waals surface area contributed by atoms with Gasteiger partial charge in [-0.15, -0.1) is 0 Å². The van der Waals surface area contributed by atoms with Gasteiger partial charge >= 0.3 is 0 Å². The molecule has 5 aromatic rings. The Labute approximate surface area is 233 Å². The van der Waals surface area contributed by atoms with Crippen LogP contribution < -0.4 is 19.7 Å². The van der Waals surface area contributed by atoms with Gasteiger partial charge in [-0.25, -0.2) is 0 Å². The number of hydrogen-bond donors (Lipinski definition) is 1. The van der Waals surface area contributed by atoms with Gasteiger partial charge in [0, 0.05) is 29.5 Å². The molecule has 0 spiro atoms. The third-order valence-corrected chi connectivity index (χ3v) is 7.22. The molecule has 2 aromatic heterocycles. The summed E-state index contributed by atoms with van der Waals surface area (Å²) in [7, 11) is 1.65. The minimum Gasteiger partial charge on any atom is -0.497 e. The topological polar surface area (TPSA) is 51.6 Å². The first-order valence-corrected chi connectivity index (χ1v) is 13.2. The minimum atomic E-state index is -0.131. The van der Waals surface area contributed by atoms with Crippen LogP contribution in [0.15, 0.2) is 116 Å². The number of ether oxygens (including phenoxy) is 2. The van der Waals surface area contributed by atoms with Gasteiger partial charge in [-0.3, -0.25) is 4.98 Å². The third-order valence-electron chi connectivity index (χ3n) is 6.90.